The van der Waals surface area contributed by atoms with Crippen LogP contribution in [0.3, 0.4) is 0 Å². The van der Waals surface area contributed by atoms with Crippen molar-refractivity contribution in [1.29, 1.82) is 0 Å². The van der Waals surface area contributed by atoms with E-state index in [1.54, 1.807) is 5.57 Å². The highest BCUT2D eigenvalue weighted by molar-refractivity contribution is 5.90. The molecule has 3 nitrogen and oxygen atoms in total. The summed E-state index contributed by atoms with van der Waals surface area (Å²) in [5.74, 6) is 2.19. The summed E-state index contributed by atoms with van der Waals surface area (Å²) >= 11 is 0. The highest BCUT2D eigenvalue weighted by atomic mass is 16.6. The summed E-state index contributed by atoms with van der Waals surface area (Å²) in [4.78, 5) is 25.0. The lowest BCUT2D eigenvalue weighted by molar-refractivity contribution is -0.162. The van der Waals surface area contributed by atoms with Gasteiger partial charge in [-0.15, -0.1) is 0 Å². The largest absolute Gasteiger partial charge is 0.459 e. The molecule has 0 aromatic heterocycles. The van der Waals surface area contributed by atoms with Gasteiger partial charge in [-0.3, -0.25) is 9.59 Å². The second-order valence-corrected chi connectivity index (χ2v) is 13.4. The van der Waals surface area contributed by atoms with Crippen LogP contribution in [0.5, 0.6) is 0 Å². The Hall–Kier alpha value is -1.38. The number of esters is 1. The van der Waals surface area contributed by atoms with E-state index in [1.807, 2.05) is 19.9 Å². The SMILES string of the molecule is CC(C)=CC(=O)C[C@@H](C)[C@H]1CC[C@@]2(C)[C@@H]3CC[C@H]4C(C)(C)OC(=O)CC[C@]4(C)C3=CC[C@]12C. The molecule has 2 saturated carbocycles. The Morgan fingerprint density at radius 1 is 1.09 bits per heavy atom. The number of carbonyl (C=O) groups is 2. The molecule has 0 bridgehead atoms. The highest BCUT2D eigenvalue weighted by Crippen LogP contribution is 2.72. The van der Waals surface area contributed by atoms with Crippen LogP contribution in [0, 0.1) is 39.9 Å². The van der Waals surface area contributed by atoms with Crippen molar-refractivity contribution in [3.8, 4) is 0 Å². The lowest BCUT2D eigenvalue weighted by Crippen LogP contribution is -2.55. The first kappa shape index (κ1) is 24.7. The third-order valence-electron chi connectivity index (χ3n) is 10.9. The molecule has 33 heavy (non-hydrogen) atoms. The number of carbonyl (C=O) groups excluding carboxylic acids is 2. The minimum atomic E-state index is -0.409. The molecule has 1 aliphatic heterocycles. The number of rotatable bonds is 4. The monoisotopic (exact) mass is 454 g/mol. The molecule has 1 heterocycles. The quantitative estimate of drug-likeness (QED) is 0.252. The molecule has 0 amide bonds. The average Bonchev–Trinajstić information content (AvgIpc) is 2.92. The van der Waals surface area contributed by atoms with Crippen molar-refractivity contribution in [3.05, 3.63) is 23.3 Å². The zero-order valence-corrected chi connectivity index (χ0v) is 22.3. The molecular formula is C30H46O3. The van der Waals surface area contributed by atoms with Crippen molar-refractivity contribution in [1.82, 2.24) is 0 Å². The van der Waals surface area contributed by atoms with E-state index >= 15 is 0 Å². The van der Waals surface area contributed by atoms with Gasteiger partial charge < -0.3 is 4.74 Å². The van der Waals surface area contributed by atoms with Gasteiger partial charge in [0.05, 0.1) is 0 Å². The van der Waals surface area contributed by atoms with E-state index in [4.69, 9.17) is 4.74 Å². The first-order valence-corrected chi connectivity index (χ1v) is 13.3. The number of hydrogen-bond acceptors (Lipinski definition) is 3. The number of ketones is 1. The van der Waals surface area contributed by atoms with Crippen LogP contribution >= 0.6 is 0 Å². The van der Waals surface area contributed by atoms with E-state index in [0.717, 1.165) is 24.8 Å². The number of ether oxygens (including phenoxy) is 1. The Balaban J connectivity index is 1.66. The van der Waals surface area contributed by atoms with Crippen LogP contribution in [-0.4, -0.2) is 17.4 Å². The second kappa shape index (κ2) is 8.09. The van der Waals surface area contributed by atoms with Crippen LogP contribution in [0.1, 0.15) is 107 Å². The lowest BCUT2D eigenvalue weighted by atomic mass is 9.44. The van der Waals surface area contributed by atoms with E-state index < -0.39 is 5.60 Å². The fraction of sp³-hybridized carbons (Fsp3) is 0.800. The lowest BCUT2D eigenvalue weighted by Gasteiger charge is -2.61. The van der Waals surface area contributed by atoms with Crippen LogP contribution in [0.4, 0.5) is 0 Å². The Morgan fingerprint density at radius 3 is 2.45 bits per heavy atom. The minimum absolute atomic E-state index is 0.0320. The first-order chi connectivity index (χ1) is 15.2. The summed E-state index contributed by atoms with van der Waals surface area (Å²) in [7, 11) is 0. The molecule has 3 heteroatoms. The maximum absolute atomic E-state index is 12.6. The summed E-state index contributed by atoms with van der Waals surface area (Å²) in [6.45, 7) is 18.1. The molecule has 4 rings (SSSR count). The molecule has 7 atom stereocenters. The van der Waals surface area contributed by atoms with Gasteiger partial charge in [-0.2, -0.15) is 0 Å². The first-order valence-electron chi connectivity index (χ1n) is 13.3. The normalized spacial score (nSPS) is 42.6. The predicted octanol–water partition coefficient (Wildman–Crippen LogP) is 7.45. The van der Waals surface area contributed by atoms with Crippen LogP contribution < -0.4 is 0 Å². The molecule has 0 aromatic rings. The summed E-state index contributed by atoms with van der Waals surface area (Å²) in [5.41, 5.74) is 2.82. The average molecular weight is 455 g/mol. The fourth-order valence-corrected chi connectivity index (χ4v) is 9.17. The molecule has 0 aromatic carbocycles. The smallest absolute Gasteiger partial charge is 0.306 e. The minimum Gasteiger partial charge on any atom is -0.459 e. The predicted molar refractivity (Wildman–Crippen MR) is 134 cm³/mol. The van der Waals surface area contributed by atoms with E-state index in [1.165, 1.54) is 19.3 Å². The molecule has 3 fully saturated rings. The van der Waals surface area contributed by atoms with Gasteiger partial charge in [-0.1, -0.05) is 44.9 Å². The number of hydrogen-bond donors (Lipinski definition) is 0. The molecule has 0 spiro atoms. The van der Waals surface area contributed by atoms with Crippen LogP contribution in [0.25, 0.3) is 0 Å². The molecule has 1 saturated heterocycles. The van der Waals surface area contributed by atoms with Crippen molar-refractivity contribution in [2.75, 3.05) is 0 Å². The van der Waals surface area contributed by atoms with E-state index in [2.05, 4.69) is 47.6 Å². The molecule has 184 valence electrons. The van der Waals surface area contributed by atoms with Crippen molar-refractivity contribution in [2.45, 2.75) is 112 Å². The number of cyclic esters (lactones) is 1. The van der Waals surface area contributed by atoms with E-state index in [9.17, 15) is 9.59 Å². The number of fused-ring (bicyclic) bond motifs is 5. The van der Waals surface area contributed by atoms with Crippen molar-refractivity contribution in [2.24, 2.45) is 39.9 Å². The van der Waals surface area contributed by atoms with Gasteiger partial charge in [-0.05, 0) is 106 Å². The van der Waals surface area contributed by atoms with Gasteiger partial charge in [0.2, 0.25) is 0 Å². The zero-order chi connectivity index (χ0) is 24.4. The van der Waals surface area contributed by atoms with Gasteiger partial charge in [0, 0.05) is 18.8 Å². The van der Waals surface area contributed by atoms with Crippen LogP contribution in [-0.2, 0) is 14.3 Å². The summed E-state index contributed by atoms with van der Waals surface area (Å²) in [6.07, 6.45) is 12.4. The molecule has 0 N–H and O–H groups in total. The topological polar surface area (TPSA) is 43.4 Å². The summed E-state index contributed by atoms with van der Waals surface area (Å²) < 4.78 is 5.95. The van der Waals surface area contributed by atoms with Crippen molar-refractivity contribution >= 4 is 11.8 Å². The van der Waals surface area contributed by atoms with Crippen LogP contribution in [0.2, 0.25) is 0 Å². The second-order valence-electron chi connectivity index (χ2n) is 13.4. The van der Waals surface area contributed by atoms with E-state index in [-0.39, 0.29) is 28.0 Å². The van der Waals surface area contributed by atoms with E-state index in [0.29, 0.717) is 36.5 Å². The van der Waals surface area contributed by atoms with Crippen molar-refractivity contribution in [3.63, 3.8) is 0 Å². The number of allylic oxidation sites excluding steroid dienone is 4. The zero-order valence-electron chi connectivity index (χ0n) is 22.3. The van der Waals surface area contributed by atoms with Gasteiger partial charge >= 0.3 is 5.97 Å². The summed E-state index contributed by atoms with van der Waals surface area (Å²) in [5, 5.41) is 0. The Bertz CT molecular complexity index is 890. The molecule has 4 aliphatic rings. The van der Waals surface area contributed by atoms with Gasteiger partial charge in [0.1, 0.15) is 5.60 Å². The summed E-state index contributed by atoms with van der Waals surface area (Å²) in [6, 6.07) is 0. The Labute approximate surface area is 201 Å². The van der Waals surface area contributed by atoms with Gasteiger partial charge in [-0.25, -0.2) is 0 Å². The molecular weight excluding hydrogens is 408 g/mol. The van der Waals surface area contributed by atoms with Gasteiger partial charge in [0.15, 0.2) is 5.78 Å². The van der Waals surface area contributed by atoms with Crippen molar-refractivity contribution < 1.29 is 14.3 Å². The highest BCUT2D eigenvalue weighted by Gasteiger charge is 2.64. The third kappa shape index (κ3) is 3.76. The Kier molecular flexibility index (Phi) is 6.07. The Morgan fingerprint density at radius 2 is 1.79 bits per heavy atom. The third-order valence-corrected chi connectivity index (χ3v) is 10.9. The molecule has 3 aliphatic carbocycles. The molecule has 0 unspecified atom stereocenters. The van der Waals surface area contributed by atoms with Gasteiger partial charge in [0.25, 0.3) is 0 Å². The molecule has 0 radical (unpaired) electrons. The van der Waals surface area contributed by atoms with Crippen LogP contribution in [0.15, 0.2) is 23.3 Å². The fourth-order valence-electron chi connectivity index (χ4n) is 9.17. The standard InChI is InChI=1S/C30H46O3/c1-19(2)17-21(31)18-20(3)22-11-15-30(8)24-9-10-25-27(4,5)33-26(32)13-14-28(25,6)23(24)12-16-29(22,30)7/h12,17,20,22,24-25H,9-11,13-16,18H2,1-8H3/t20-,22-,24-,25+,28-,29-,30+/m1/s1. The maximum atomic E-state index is 12.6. The maximum Gasteiger partial charge on any atom is 0.306 e.